The van der Waals surface area contributed by atoms with Gasteiger partial charge >= 0.3 is 0 Å². The molecule has 0 aromatic heterocycles. The molecule has 88 valence electrons. The molecule has 1 nitrogen and oxygen atoms in total. The minimum atomic E-state index is -0.000288. The van der Waals surface area contributed by atoms with Crippen LogP contribution in [-0.4, -0.2) is 5.25 Å². The molecule has 1 saturated carbocycles. The molecule has 0 amide bonds. The predicted molar refractivity (Wildman–Crippen MR) is 70.9 cm³/mol. The molecule has 1 fully saturated rings. The minimum Gasteiger partial charge on any atom is -0.198 e. The maximum absolute atomic E-state index is 9.43. The Kier molecular flexibility index (Phi) is 2.88. The van der Waals surface area contributed by atoms with Crippen molar-refractivity contribution in [2.24, 2.45) is 5.41 Å². The van der Waals surface area contributed by atoms with Gasteiger partial charge in [-0.15, -0.1) is 11.8 Å². The SMILES string of the molecule is N#CC1(CC2Cc3ccccc3S2)CCCC1. The molecule has 3 rings (SSSR count). The third kappa shape index (κ3) is 2.09. The van der Waals surface area contributed by atoms with Crippen molar-refractivity contribution in [3.63, 3.8) is 0 Å². The summed E-state index contributed by atoms with van der Waals surface area (Å²) in [7, 11) is 0. The normalized spacial score (nSPS) is 25.5. The van der Waals surface area contributed by atoms with E-state index in [-0.39, 0.29) is 5.41 Å². The van der Waals surface area contributed by atoms with Crippen LogP contribution in [-0.2, 0) is 6.42 Å². The van der Waals surface area contributed by atoms with Crippen LogP contribution >= 0.6 is 11.8 Å². The first-order valence-corrected chi connectivity index (χ1v) is 7.35. The van der Waals surface area contributed by atoms with E-state index in [4.69, 9.17) is 0 Å². The number of hydrogen-bond acceptors (Lipinski definition) is 2. The molecule has 1 atom stereocenters. The van der Waals surface area contributed by atoms with Crippen molar-refractivity contribution in [2.75, 3.05) is 0 Å². The van der Waals surface area contributed by atoms with Gasteiger partial charge in [0.15, 0.2) is 0 Å². The molecule has 1 aliphatic heterocycles. The van der Waals surface area contributed by atoms with E-state index < -0.39 is 0 Å². The number of hydrogen-bond donors (Lipinski definition) is 0. The van der Waals surface area contributed by atoms with Gasteiger partial charge in [-0.05, 0) is 37.3 Å². The molecule has 0 radical (unpaired) electrons. The molecule has 1 aromatic rings. The third-order valence-electron chi connectivity index (χ3n) is 4.13. The highest BCUT2D eigenvalue weighted by molar-refractivity contribution is 8.00. The van der Waals surface area contributed by atoms with Gasteiger partial charge in [-0.25, -0.2) is 0 Å². The zero-order chi connectivity index (χ0) is 11.7. The lowest BCUT2D eigenvalue weighted by atomic mass is 9.82. The maximum atomic E-state index is 9.43. The molecule has 17 heavy (non-hydrogen) atoms. The van der Waals surface area contributed by atoms with E-state index in [1.54, 1.807) is 0 Å². The summed E-state index contributed by atoms with van der Waals surface area (Å²) in [6.45, 7) is 0. The van der Waals surface area contributed by atoms with Crippen LogP contribution in [0.1, 0.15) is 37.7 Å². The smallest absolute Gasteiger partial charge is 0.0690 e. The van der Waals surface area contributed by atoms with Crippen LogP contribution in [0.4, 0.5) is 0 Å². The topological polar surface area (TPSA) is 23.8 Å². The highest BCUT2D eigenvalue weighted by atomic mass is 32.2. The standard InChI is InChI=1S/C15H17NS/c16-11-15(7-3-4-8-15)10-13-9-12-5-1-2-6-14(12)17-13/h1-2,5-6,13H,3-4,7-10H2. The first kappa shape index (κ1) is 11.2. The van der Waals surface area contributed by atoms with Crippen LogP contribution in [0.15, 0.2) is 29.2 Å². The Hall–Kier alpha value is -0.940. The Balaban J connectivity index is 1.71. The quantitative estimate of drug-likeness (QED) is 0.778. The van der Waals surface area contributed by atoms with E-state index in [0.717, 1.165) is 25.7 Å². The van der Waals surface area contributed by atoms with Crippen LogP contribution in [0.25, 0.3) is 0 Å². The lowest BCUT2D eigenvalue weighted by Crippen LogP contribution is -2.20. The van der Waals surface area contributed by atoms with Crippen molar-refractivity contribution in [3.8, 4) is 6.07 Å². The van der Waals surface area contributed by atoms with E-state index in [1.165, 1.54) is 23.3 Å². The Morgan fingerprint density at radius 3 is 2.76 bits per heavy atom. The second-order valence-electron chi connectivity index (χ2n) is 5.36. The van der Waals surface area contributed by atoms with E-state index in [2.05, 4.69) is 30.3 Å². The molecule has 1 aromatic carbocycles. The second-order valence-corrected chi connectivity index (χ2v) is 6.70. The molecular weight excluding hydrogens is 226 g/mol. The fourth-order valence-corrected chi connectivity index (χ4v) is 4.70. The largest absolute Gasteiger partial charge is 0.198 e. The fraction of sp³-hybridized carbons (Fsp3) is 0.533. The zero-order valence-electron chi connectivity index (χ0n) is 9.98. The first-order valence-electron chi connectivity index (χ1n) is 6.47. The van der Waals surface area contributed by atoms with E-state index in [0.29, 0.717) is 5.25 Å². The molecule has 0 saturated heterocycles. The summed E-state index contributed by atoms with van der Waals surface area (Å²) in [4.78, 5) is 1.43. The first-order chi connectivity index (χ1) is 8.31. The maximum Gasteiger partial charge on any atom is 0.0690 e. The zero-order valence-corrected chi connectivity index (χ0v) is 10.8. The van der Waals surface area contributed by atoms with Crippen LogP contribution in [0.5, 0.6) is 0 Å². The van der Waals surface area contributed by atoms with Crippen molar-refractivity contribution < 1.29 is 0 Å². The molecule has 0 N–H and O–H groups in total. The van der Waals surface area contributed by atoms with Gasteiger partial charge in [-0.1, -0.05) is 31.0 Å². The summed E-state index contributed by atoms with van der Waals surface area (Å²) in [5.74, 6) is 0. The van der Waals surface area contributed by atoms with E-state index in [1.807, 2.05) is 11.8 Å². The number of nitrogens with zero attached hydrogens (tertiary/aromatic N) is 1. The fourth-order valence-electron chi connectivity index (χ4n) is 3.22. The average Bonchev–Trinajstić information content (AvgIpc) is 2.95. The van der Waals surface area contributed by atoms with Crippen molar-refractivity contribution in [2.45, 2.75) is 48.7 Å². The van der Waals surface area contributed by atoms with Gasteiger partial charge < -0.3 is 0 Å². The second kappa shape index (κ2) is 4.38. The summed E-state index contributed by atoms with van der Waals surface area (Å²) in [6, 6.07) is 11.3. The van der Waals surface area contributed by atoms with Crippen molar-refractivity contribution >= 4 is 11.8 Å². The average molecular weight is 243 g/mol. The van der Waals surface area contributed by atoms with Gasteiger partial charge in [0.05, 0.1) is 11.5 Å². The molecule has 1 unspecified atom stereocenters. The van der Waals surface area contributed by atoms with Crippen LogP contribution in [0, 0.1) is 16.7 Å². The number of nitriles is 1. The summed E-state index contributed by atoms with van der Waals surface area (Å²) < 4.78 is 0. The molecule has 2 heteroatoms. The molecule has 1 heterocycles. The summed E-state index contributed by atoms with van der Waals surface area (Å²) >= 11 is 1.99. The molecule has 2 aliphatic rings. The van der Waals surface area contributed by atoms with Gasteiger partial charge in [0.1, 0.15) is 0 Å². The Labute approximate surface area is 107 Å². The van der Waals surface area contributed by atoms with Crippen LogP contribution in [0.2, 0.25) is 0 Å². The van der Waals surface area contributed by atoms with E-state index >= 15 is 0 Å². The third-order valence-corrected chi connectivity index (χ3v) is 5.45. The molecular formula is C15H17NS. The molecule has 1 aliphatic carbocycles. The molecule has 0 spiro atoms. The van der Waals surface area contributed by atoms with Crippen LogP contribution < -0.4 is 0 Å². The van der Waals surface area contributed by atoms with Crippen molar-refractivity contribution in [1.29, 1.82) is 5.26 Å². The van der Waals surface area contributed by atoms with Gasteiger partial charge in [-0.3, -0.25) is 0 Å². The number of benzene rings is 1. The van der Waals surface area contributed by atoms with Gasteiger partial charge in [0.25, 0.3) is 0 Å². The van der Waals surface area contributed by atoms with Gasteiger partial charge in [0.2, 0.25) is 0 Å². The van der Waals surface area contributed by atoms with Crippen LogP contribution in [0.3, 0.4) is 0 Å². The monoisotopic (exact) mass is 243 g/mol. The minimum absolute atomic E-state index is 0.000288. The lowest BCUT2D eigenvalue weighted by Gasteiger charge is -2.23. The summed E-state index contributed by atoms with van der Waals surface area (Å²) in [5, 5.41) is 10.1. The summed E-state index contributed by atoms with van der Waals surface area (Å²) in [5.41, 5.74) is 1.48. The Bertz CT molecular complexity index is 429. The van der Waals surface area contributed by atoms with Gasteiger partial charge in [0, 0.05) is 10.1 Å². The van der Waals surface area contributed by atoms with E-state index in [9.17, 15) is 5.26 Å². The predicted octanol–water partition coefficient (Wildman–Crippen LogP) is 4.18. The summed E-state index contributed by atoms with van der Waals surface area (Å²) in [6.07, 6.45) is 6.98. The highest BCUT2D eigenvalue weighted by Crippen LogP contribution is 2.47. The lowest BCUT2D eigenvalue weighted by molar-refractivity contribution is 0.372. The Morgan fingerprint density at radius 1 is 1.29 bits per heavy atom. The van der Waals surface area contributed by atoms with Gasteiger partial charge in [-0.2, -0.15) is 5.26 Å². The van der Waals surface area contributed by atoms with Crippen molar-refractivity contribution in [1.82, 2.24) is 0 Å². The number of rotatable bonds is 2. The molecule has 0 bridgehead atoms. The van der Waals surface area contributed by atoms with Crippen molar-refractivity contribution in [3.05, 3.63) is 29.8 Å². The number of thioether (sulfide) groups is 1. The number of fused-ring (bicyclic) bond motifs is 1. The highest BCUT2D eigenvalue weighted by Gasteiger charge is 2.38. The Morgan fingerprint density at radius 2 is 2.06 bits per heavy atom.